The van der Waals surface area contributed by atoms with Crippen molar-refractivity contribution in [3.05, 3.63) is 23.5 Å². The van der Waals surface area contributed by atoms with E-state index in [1.54, 1.807) is 6.92 Å². The molecule has 0 saturated heterocycles. The van der Waals surface area contributed by atoms with Crippen LogP contribution < -0.4 is 15.8 Å². The number of nitrogen functional groups attached to an aromatic ring is 1. The van der Waals surface area contributed by atoms with E-state index in [2.05, 4.69) is 5.32 Å². The van der Waals surface area contributed by atoms with Gasteiger partial charge in [0.05, 0.1) is 0 Å². The first-order valence-corrected chi connectivity index (χ1v) is 5.99. The van der Waals surface area contributed by atoms with E-state index in [0.29, 0.717) is 12.2 Å². The maximum Gasteiger partial charge on any atom is 0.257 e. The highest BCUT2D eigenvalue weighted by atomic mass is 19.1. The Hall–Kier alpha value is -1.78. The van der Waals surface area contributed by atoms with Gasteiger partial charge in [-0.15, -0.1) is 0 Å². The Morgan fingerprint density at radius 1 is 1.50 bits per heavy atom. The molecule has 0 aliphatic heterocycles. The molecule has 0 fully saturated rings. The lowest BCUT2D eigenvalue weighted by atomic mass is 10.2. The normalized spacial score (nSPS) is 10.2. The van der Waals surface area contributed by atoms with Crippen LogP contribution in [0.3, 0.4) is 0 Å². The molecule has 0 aliphatic carbocycles. The number of carbonyl (C=O) groups excluding carboxylic acids is 1. The third kappa shape index (κ3) is 4.24. The molecule has 0 bridgehead atoms. The van der Waals surface area contributed by atoms with Gasteiger partial charge in [0.2, 0.25) is 0 Å². The zero-order valence-electron chi connectivity index (χ0n) is 10.8. The Labute approximate surface area is 106 Å². The van der Waals surface area contributed by atoms with Crippen molar-refractivity contribution in [1.29, 1.82) is 0 Å². The van der Waals surface area contributed by atoms with Crippen LogP contribution in [0.15, 0.2) is 12.1 Å². The minimum Gasteiger partial charge on any atom is -0.481 e. The molecular formula is C13H19FN2O2. The lowest BCUT2D eigenvalue weighted by Gasteiger charge is -2.09. The Bertz CT molecular complexity index is 422. The van der Waals surface area contributed by atoms with Crippen molar-refractivity contribution in [2.75, 3.05) is 18.9 Å². The second-order valence-electron chi connectivity index (χ2n) is 4.13. The number of nitrogens with two attached hydrogens (primary N) is 1. The zero-order valence-corrected chi connectivity index (χ0v) is 10.8. The summed E-state index contributed by atoms with van der Waals surface area (Å²) in [5.41, 5.74) is 6.64. The van der Waals surface area contributed by atoms with Crippen molar-refractivity contribution >= 4 is 11.6 Å². The summed E-state index contributed by atoms with van der Waals surface area (Å²) in [6.45, 7) is 4.21. The van der Waals surface area contributed by atoms with Crippen LogP contribution in [0.4, 0.5) is 10.1 Å². The van der Waals surface area contributed by atoms with Gasteiger partial charge >= 0.3 is 0 Å². The molecule has 1 rings (SSSR count). The highest BCUT2D eigenvalue weighted by Crippen LogP contribution is 2.23. The number of halogens is 1. The highest BCUT2D eigenvalue weighted by molar-refractivity contribution is 5.77. The van der Waals surface area contributed by atoms with Crippen LogP contribution >= 0.6 is 0 Å². The van der Waals surface area contributed by atoms with Crippen LogP contribution in [0.5, 0.6) is 5.75 Å². The van der Waals surface area contributed by atoms with Gasteiger partial charge in [0.15, 0.2) is 18.2 Å². The Morgan fingerprint density at radius 2 is 2.22 bits per heavy atom. The summed E-state index contributed by atoms with van der Waals surface area (Å²) in [5.74, 6) is -0.760. The van der Waals surface area contributed by atoms with E-state index in [9.17, 15) is 9.18 Å². The van der Waals surface area contributed by atoms with E-state index in [4.69, 9.17) is 10.5 Å². The molecule has 0 radical (unpaired) electrons. The van der Waals surface area contributed by atoms with Crippen molar-refractivity contribution < 1.29 is 13.9 Å². The van der Waals surface area contributed by atoms with Gasteiger partial charge in [0, 0.05) is 18.3 Å². The molecule has 0 unspecified atom stereocenters. The predicted molar refractivity (Wildman–Crippen MR) is 69.0 cm³/mol. The number of ether oxygens (including phenoxy) is 1. The first kappa shape index (κ1) is 14.3. The van der Waals surface area contributed by atoms with Gasteiger partial charge in [0.1, 0.15) is 0 Å². The number of hydrogen-bond donors (Lipinski definition) is 2. The van der Waals surface area contributed by atoms with Crippen molar-refractivity contribution in [1.82, 2.24) is 5.32 Å². The topological polar surface area (TPSA) is 64.3 Å². The molecule has 1 amide bonds. The van der Waals surface area contributed by atoms with Gasteiger partial charge in [-0.25, -0.2) is 4.39 Å². The SMILES string of the molecule is CCCCNC(=O)COc1cc(C)c(N)cc1F. The number of amides is 1. The second-order valence-corrected chi connectivity index (χ2v) is 4.13. The number of anilines is 1. The standard InChI is InChI=1S/C13H19FN2O2/c1-3-4-5-16-13(17)8-18-12-6-9(2)11(15)7-10(12)14/h6-7H,3-5,8,15H2,1-2H3,(H,16,17). The smallest absolute Gasteiger partial charge is 0.257 e. The number of rotatable bonds is 6. The van der Waals surface area contributed by atoms with Crippen LogP contribution in [0.2, 0.25) is 0 Å². The van der Waals surface area contributed by atoms with E-state index in [1.807, 2.05) is 6.92 Å². The van der Waals surface area contributed by atoms with Crippen molar-refractivity contribution in [2.45, 2.75) is 26.7 Å². The van der Waals surface area contributed by atoms with E-state index in [-0.39, 0.29) is 18.3 Å². The fraction of sp³-hybridized carbons (Fsp3) is 0.462. The third-order valence-electron chi connectivity index (χ3n) is 2.53. The second kappa shape index (κ2) is 6.83. The number of unbranched alkanes of at least 4 members (excludes halogenated alkanes) is 1. The molecule has 0 aliphatic rings. The summed E-state index contributed by atoms with van der Waals surface area (Å²) >= 11 is 0. The molecule has 5 heteroatoms. The van der Waals surface area contributed by atoms with Crippen molar-refractivity contribution in [2.24, 2.45) is 0 Å². The first-order valence-electron chi connectivity index (χ1n) is 5.99. The molecule has 18 heavy (non-hydrogen) atoms. The van der Waals surface area contributed by atoms with E-state index in [1.165, 1.54) is 12.1 Å². The van der Waals surface area contributed by atoms with Crippen LogP contribution in [-0.2, 0) is 4.79 Å². The summed E-state index contributed by atoms with van der Waals surface area (Å²) in [4.78, 5) is 11.4. The minimum atomic E-state index is -0.556. The molecule has 0 aromatic heterocycles. The maximum absolute atomic E-state index is 13.5. The molecule has 100 valence electrons. The van der Waals surface area contributed by atoms with Crippen LogP contribution in [-0.4, -0.2) is 19.1 Å². The number of carbonyl (C=O) groups is 1. The molecule has 0 atom stereocenters. The van der Waals surface area contributed by atoms with Gasteiger partial charge in [-0.1, -0.05) is 13.3 Å². The van der Waals surface area contributed by atoms with Gasteiger partial charge < -0.3 is 15.8 Å². The number of aryl methyl sites for hydroxylation is 1. The molecule has 0 spiro atoms. The summed E-state index contributed by atoms with van der Waals surface area (Å²) in [6.07, 6.45) is 1.92. The first-order chi connectivity index (χ1) is 8.54. The largest absolute Gasteiger partial charge is 0.481 e. The van der Waals surface area contributed by atoms with E-state index < -0.39 is 5.82 Å². The molecule has 0 saturated carbocycles. The van der Waals surface area contributed by atoms with E-state index in [0.717, 1.165) is 18.4 Å². The summed E-state index contributed by atoms with van der Waals surface area (Å²) in [5, 5.41) is 2.69. The van der Waals surface area contributed by atoms with Gasteiger partial charge in [-0.3, -0.25) is 4.79 Å². The third-order valence-corrected chi connectivity index (χ3v) is 2.53. The lowest BCUT2D eigenvalue weighted by Crippen LogP contribution is -2.29. The van der Waals surface area contributed by atoms with Crippen molar-refractivity contribution in [3.63, 3.8) is 0 Å². The van der Waals surface area contributed by atoms with Crippen LogP contribution in [0, 0.1) is 12.7 Å². The number of nitrogens with one attached hydrogen (secondary N) is 1. The highest BCUT2D eigenvalue weighted by Gasteiger charge is 2.08. The van der Waals surface area contributed by atoms with Crippen molar-refractivity contribution in [3.8, 4) is 5.75 Å². The monoisotopic (exact) mass is 254 g/mol. The molecule has 4 nitrogen and oxygen atoms in total. The van der Waals surface area contributed by atoms with E-state index >= 15 is 0 Å². The summed E-state index contributed by atoms with van der Waals surface area (Å²) < 4.78 is 18.6. The van der Waals surface area contributed by atoms with Gasteiger partial charge in [0.25, 0.3) is 5.91 Å². The fourth-order valence-corrected chi connectivity index (χ4v) is 1.38. The quantitative estimate of drug-likeness (QED) is 0.603. The van der Waals surface area contributed by atoms with Gasteiger partial charge in [-0.2, -0.15) is 0 Å². The molecule has 1 aromatic rings. The van der Waals surface area contributed by atoms with Crippen LogP contribution in [0.25, 0.3) is 0 Å². The lowest BCUT2D eigenvalue weighted by molar-refractivity contribution is -0.123. The molecule has 3 N–H and O–H groups in total. The summed E-state index contributed by atoms with van der Waals surface area (Å²) in [6, 6.07) is 2.68. The fourth-order valence-electron chi connectivity index (χ4n) is 1.38. The van der Waals surface area contributed by atoms with Crippen LogP contribution in [0.1, 0.15) is 25.3 Å². The molecular weight excluding hydrogens is 235 g/mol. The molecule has 0 heterocycles. The summed E-state index contributed by atoms with van der Waals surface area (Å²) in [7, 11) is 0. The minimum absolute atomic E-state index is 0.0485. The average molecular weight is 254 g/mol. The zero-order chi connectivity index (χ0) is 13.5. The Balaban J connectivity index is 2.48. The number of benzene rings is 1. The molecule has 1 aromatic carbocycles. The average Bonchev–Trinajstić information content (AvgIpc) is 2.32. The Kier molecular flexibility index (Phi) is 5.42. The number of hydrogen-bond acceptors (Lipinski definition) is 3. The van der Waals surface area contributed by atoms with Gasteiger partial charge in [-0.05, 0) is 25.0 Å². The predicted octanol–water partition coefficient (Wildman–Crippen LogP) is 2.01. The Morgan fingerprint density at radius 3 is 2.89 bits per heavy atom. The maximum atomic E-state index is 13.5.